The number of unbranched alkanes of at least 4 members (excludes halogenated alkanes) is 13. The summed E-state index contributed by atoms with van der Waals surface area (Å²) in [6, 6.07) is 0. The lowest BCUT2D eigenvalue weighted by Gasteiger charge is -2.21. The maximum Gasteiger partial charge on any atom is 0.269 e. The molecule has 0 saturated heterocycles. The summed E-state index contributed by atoms with van der Waals surface area (Å²) < 4.78 is 28.1. The van der Waals surface area contributed by atoms with Crippen molar-refractivity contribution in [2.45, 2.75) is 116 Å². The van der Waals surface area contributed by atoms with E-state index in [0.717, 1.165) is 19.3 Å². The molecule has 0 unspecified atom stereocenters. The van der Waals surface area contributed by atoms with E-state index >= 15 is 0 Å². The van der Waals surface area contributed by atoms with Gasteiger partial charge in [-0.15, -0.1) is 0 Å². The topological polar surface area (TPSA) is 40.5 Å². The average Bonchev–Trinajstić information content (AvgIpc) is 2.66. The van der Waals surface area contributed by atoms with Gasteiger partial charge >= 0.3 is 0 Å². The molecule has 0 atom stereocenters. The predicted molar refractivity (Wildman–Crippen MR) is 111 cm³/mol. The fourth-order valence-corrected chi connectivity index (χ4v) is 3.40. The first-order chi connectivity index (χ1) is 13.0. The largest absolute Gasteiger partial charge is 0.396 e. The van der Waals surface area contributed by atoms with Crippen LogP contribution in [0.5, 0.6) is 0 Å². The van der Waals surface area contributed by atoms with Gasteiger partial charge in [-0.2, -0.15) is 0 Å². The zero-order valence-corrected chi connectivity index (χ0v) is 17.7. The first-order valence-electron chi connectivity index (χ1n) is 11.3. The van der Waals surface area contributed by atoms with Crippen LogP contribution in [0, 0.1) is 5.92 Å². The number of allylic oxidation sites excluding steroid dienone is 1. The first-order valence-corrected chi connectivity index (χ1v) is 11.3. The third-order valence-corrected chi connectivity index (χ3v) is 5.41. The van der Waals surface area contributed by atoms with E-state index < -0.39 is 11.8 Å². The van der Waals surface area contributed by atoms with Crippen LogP contribution in [0.2, 0.25) is 0 Å². The molecule has 0 fully saturated rings. The van der Waals surface area contributed by atoms with Crippen molar-refractivity contribution in [2.24, 2.45) is 5.92 Å². The van der Waals surface area contributed by atoms with Crippen molar-refractivity contribution in [1.29, 1.82) is 0 Å². The number of hydrogen-bond acceptors (Lipinski definition) is 2. The van der Waals surface area contributed by atoms with E-state index in [-0.39, 0.29) is 31.6 Å². The van der Waals surface area contributed by atoms with E-state index in [1.54, 1.807) is 0 Å². The van der Waals surface area contributed by atoms with Crippen LogP contribution in [0.4, 0.5) is 8.78 Å². The molecule has 2 N–H and O–H groups in total. The van der Waals surface area contributed by atoms with Gasteiger partial charge in [0, 0.05) is 25.6 Å². The smallest absolute Gasteiger partial charge is 0.269 e. The predicted octanol–water partition coefficient (Wildman–Crippen LogP) is 7.04. The van der Waals surface area contributed by atoms with Crippen molar-refractivity contribution < 1.29 is 19.0 Å². The second-order valence-corrected chi connectivity index (χ2v) is 8.09. The summed E-state index contributed by atoms with van der Waals surface area (Å²) in [5, 5.41) is 18.0. The Morgan fingerprint density at radius 2 is 1.11 bits per heavy atom. The monoisotopic (exact) mass is 390 g/mol. The van der Waals surface area contributed by atoms with Crippen LogP contribution in [0.3, 0.4) is 0 Å². The van der Waals surface area contributed by atoms with Gasteiger partial charge in [0.15, 0.2) is 0 Å². The summed E-state index contributed by atoms with van der Waals surface area (Å²) in [5.41, 5.74) is -0.162. The standard InChI is InChI=1S/C23H44F2O2/c1-3-4-5-6-7-8-9-10-11-12-13-14-15-16-17-23(24,25)21(2)18-22(19-26)20-27/h22,26-27H,2-20H2,1H3. The van der Waals surface area contributed by atoms with Crippen molar-refractivity contribution >= 4 is 0 Å². The van der Waals surface area contributed by atoms with Crippen LogP contribution in [0.1, 0.15) is 110 Å². The average molecular weight is 391 g/mol. The molecule has 0 saturated carbocycles. The molecule has 0 heterocycles. The Kier molecular flexibility index (Phi) is 17.3. The molecule has 0 rings (SSSR count). The molecule has 4 heteroatoms. The van der Waals surface area contributed by atoms with Gasteiger partial charge in [0.05, 0.1) is 0 Å². The van der Waals surface area contributed by atoms with Gasteiger partial charge in [0.1, 0.15) is 0 Å². The summed E-state index contributed by atoms with van der Waals surface area (Å²) in [5.74, 6) is -3.42. The zero-order valence-electron chi connectivity index (χ0n) is 17.7. The van der Waals surface area contributed by atoms with Crippen LogP contribution in [-0.2, 0) is 0 Å². The molecule has 162 valence electrons. The van der Waals surface area contributed by atoms with Crippen molar-refractivity contribution in [1.82, 2.24) is 0 Å². The Labute approximate surface area is 166 Å². The zero-order chi connectivity index (χ0) is 20.4. The number of aliphatic hydroxyl groups is 2. The normalized spacial score (nSPS) is 12.1. The number of halogens is 2. The second kappa shape index (κ2) is 17.6. The molecule has 0 aliphatic heterocycles. The highest BCUT2D eigenvalue weighted by molar-refractivity contribution is 5.08. The van der Waals surface area contributed by atoms with Crippen molar-refractivity contribution in [2.75, 3.05) is 13.2 Å². The number of alkyl halides is 2. The Morgan fingerprint density at radius 1 is 0.741 bits per heavy atom. The minimum atomic E-state index is -2.89. The summed E-state index contributed by atoms with van der Waals surface area (Å²) in [6.45, 7) is 5.14. The molecule has 0 aliphatic carbocycles. The summed E-state index contributed by atoms with van der Waals surface area (Å²) in [4.78, 5) is 0. The van der Waals surface area contributed by atoms with Crippen LogP contribution in [-0.4, -0.2) is 29.3 Å². The van der Waals surface area contributed by atoms with E-state index in [9.17, 15) is 8.78 Å². The summed E-state index contributed by atoms with van der Waals surface area (Å²) in [7, 11) is 0. The van der Waals surface area contributed by atoms with Gasteiger partial charge in [-0.3, -0.25) is 0 Å². The lowest BCUT2D eigenvalue weighted by molar-refractivity contribution is 0.0207. The molecular weight excluding hydrogens is 346 g/mol. The molecule has 0 aliphatic rings. The number of rotatable bonds is 20. The van der Waals surface area contributed by atoms with Crippen molar-refractivity contribution in [3.05, 3.63) is 12.2 Å². The van der Waals surface area contributed by atoms with Gasteiger partial charge in [0.2, 0.25) is 0 Å². The minimum Gasteiger partial charge on any atom is -0.396 e. The Bertz CT molecular complexity index is 341. The van der Waals surface area contributed by atoms with Gasteiger partial charge < -0.3 is 10.2 Å². The molecule has 0 radical (unpaired) electrons. The molecule has 2 nitrogen and oxygen atoms in total. The van der Waals surface area contributed by atoms with E-state index in [4.69, 9.17) is 10.2 Å². The second-order valence-electron chi connectivity index (χ2n) is 8.09. The van der Waals surface area contributed by atoms with E-state index in [0.29, 0.717) is 6.42 Å². The van der Waals surface area contributed by atoms with Gasteiger partial charge in [0.25, 0.3) is 5.92 Å². The van der Waals surface area contributed by atoms with Gasteiger partial charge in [-0.25, -0.2) is 8.78 Å². The van der Waals surface area contributed by atoms with E-state index in [1.807, 2.05) is 0 Å². The Morgan fingerprint density at radius 3 is 1.48 bits per heavy atom. The molecule has 0 amide bonds. The lowest BCUT2D eigenvalue weighted by Crippen LogP contribution is -2.23. The van der Waals surface area contributed by atoms with Crippen LogP contribution in [0.25, 0.3) is 0 Å². The molecule has 0 aromatic rings. The fraction of sp³-hybridized carbons (Fsp3) is 0.913. The first kappa shape index (κ1) is 26.5. The minimum absolute atomic E-state index is 0.0153. The highest BCUT2D eigenvalue weighted by Gasteiger charge is 2.32. The highest BCUT2D eigenvalue weighted by atomic mass is 19.3. The van der Waals surface area contributed by atoms with Gasteiger partial charge in [-0.05, 0) is 18.4 Å². The number of hydrogen-bond donors (Lipinski definition) is 2. The van der Waals surface area contributed by atoms with Gasteiger partial charge in [-0.1, -0.05) is 97.0 Å². The molecule has 0 bridgehead atoms. The van der Waals surface area contributed by atoms with Crippen molar-refractivity contribution in [3.63, 3.8) is 0 Å². The molecular formula is C23H44F2O2. The molecule has 0 aromatic carbocycles. The Balaban J connectivity index is 3.51. The third-order valence-electron chi connectivity index (χ3n) is 5.41. The molecule has 0 spiro atoms. The Hall–Kier alpha value is -0.480. The SMILES string of the molecule is C=C(CC(CO)CO)C(F)(F)CCCCCCCCCCCCCCCC. The molecule has 0 aromatic heterocycles. The van der Waals surface area contributed by atoms with Crippen molar-refractivity contribution in [3.8, 4) is 0 Å². The van der Waals surface area contributed by atoms with Crippen LogP contribution >= 0.6 is 0 Å². The van der Waals surface area contributed by atoms with Crippen LogP contribution < -0.4 is 0 Å². The quantitative estimate of drug-likeness (QED) is 0.173. The van der Waals surface area contributed by atoms with E-state index in [2.05, 4.69) is 13.5 Å². The van der Waals surface area contributed by atoms with Crippen LogP contribution in [0.15, 0.2) is 12.2 Å². The fourth-order valence-electron chi connectivity index (χ4n) is 3.40. The van der Waals surface area contributed by atoms with E-state index in [1.165, 1.54) is 64.2 Å². The summed E-state index contributed by atoms with van der Waals surface area (Å²) in [6.07, 6.45) is 16.6. The lowest BCUT2D eigenvalue weighted by atomic mass is 9.94. The number of aliphatic hydroxyl groups excluding tert-OH is 2. The highest BCUT2D eigenvalue weighted by Crippen LogP contribution is 2.33. The third kappa shape index (κ3) is 15.2. The molecule has 27 heavy (non-hydrogen) atoms. The summed E-state index contributed by atoms with van der Waals surface area (Å²) >= 11 is 0. The maximum atomic E-state index is 14.0. The maximum absolute atomic E-state index is 14.0.